The minimum Gasteiger partial charge on any atom is -0.381 e. The zero-order valence-electron chi connectivity index (χ0n) is 9.61. The van der Waals surface area contributed by atoms with E-state index >= 15 is 0 Å². The summed E-state index contributed by atoms with van der Waals surface area (Å²) in [5, 5.41) is 9.28. The van der Waals surface area contributed by atoms with Crippen LogP contribution in [0.1, 0.15) is 25.7 Å². The van der Waals surface area contributed by atoms with Crippen LogP contribution in [0.15, 0.2) is 0 Å². The maximum absolute atomic E-state index is 12.7. The van der Waals surface area contributed by atoms with E-state index in [0.717, 1.165) is 7.11 Å². The molecule has 0 amide bonds. The molecule has 108 valence electrons. The molecule has 2 nitrogen and oxygen atoms in total. The highest BCUT2D eigenvalue weighted by Crippen LogP contribution is 2.51. The summed E-state index contributed by atoms with van der Waals surface area (Å²) >= 11 is 0. The molecule has 0 saturated heterocycles. The first kappa shape index (κ1) is 15.6. The lowest BCUT2D eigenvalue weighted by atomic mass is 9.74. The van der Waals surface area contributed by atoms with Gasteiger partial charge in [0.05, 0.1) is 6.10 Å². The fourth-order valence-corrected chi connectivity index (χ4v) is 2.44. The zero-order valence-corrected chi connectivity index (χ0v) is 9.61. The molecule has 0 spiro atoms. The molecule has 2 atom stereocenters. The standard InChI is InChI=1S/C10H14F6O2/c1-18-7-5-3-2-4-6(7)8(17,9(11,12)13)10(14,15)16/h6-7,17H,2-5H2,1H3. The lowest BCUT2D eigenvalue weighted by Gasteiger charge is -2.43. The number of hydrogen-bond donors (Lipinski definition) is 1. The van der Waals surface area contributed by atoms with Crippen LogP contribution in [-0.2, 0) is 4.74 Å². The molecule has 1 fully saturated rings. The van der Waals surface area contributed by atoms with Crippen molar-refractivity contribution in [2.45, 2.75) is 49.7 Å². The summed E-state index contributed by atoms with van der Waals surface area (Å²) in [5.41, 5.74) is -4.71. The van der Waals surface area contributed by atoms with E-state index in [-0.39, 0.29) is 19.3 Å². The van der Waals surface area contributed by atoms with Gasteiger partial charge in [0.1, 0.15) is 0 Å². The van der Waals surface area contributed by atoms with Crippen LogP contribution >= 0.6 is 0 Å². The number of ether oxygens (including phenoxy) is 1. The van der Waals surface area contributed by atoms with Gasteiger partial charge in [0.2, 0.25) is 0 Å². The molecule has 1 saturated carbocycles. The van der Waals surface area contributed by atoms with Crippen LogP contribution in [0.4, 0.5) is 26.3 Å². The van der Waals surface area contributed by atoms with Crippen LogP contribution in [0.3, 0.4) is 0 Å². The summed E-state index contributed by atoms with van der Waals surface area (Å²) in [6.07, 6.45) is -12.4. The largest absolute Gasteiger partial charge is 0.426 e. The number of rotatable bonds is 2. The number of hydrogen-bond acceptors (Lipinski definition) is 2. The van der Waals surface area contributed by atoms with Gasteiger partial charge in [-0.15, -0.1) is 0 Å². The van der Waals surface area contributed by atoms with E-state index < -0.39 is 30.0 Å². The first-order chi connectivity index (χ1) is 8.05. The first-order valence-corrected chi connectivity index (χ1v) is 5.44. The molecular weight excluding hydrogens is 266 g/mol. The van der Waals surface area contributed by atoms with Gasteiger partial charge in [-0.2, -0.15) is 26.3 Å². The van der Waals surface area contributed by atoms with E-state index in [0.29, 0.717) is 6.42 Å². The Kier molecular flexibility index (Phi) is 4.22. The summed E-state index contributed by atoms with van der Waals surface area (Å²) in [7, 11) is 1.05. The van der Waals surface area contributed by atoms with Crippen molar-refractivity contribution in [3.63, 3.8) is 0 Å². The average molecular weight is 280 g/mol. The monoisotopic (exact) mass is 280 g/mol. The van der Waals surface area contributed by atoms with E-state index in [1.807, 2.05) is 0 Å². The molecule has 0 radical (unpaired) electrons. The van der Waals surface area contributed by atoms with Crippen molar-refractivity contribution < 1.29 is 36.2 Å². The van der Waals surface area contributed by atoms with E-state index in [1.54, 1.807) is 0 Å². The second kappa shape index (κ2) is 4.88. The van der Waals surface area contributed by atoms with E-state index in [2.05, 4.69) is 4.74 Å². The Morgan fingerprint density at radius 3 is 1.78 bits per heavy atom. The van der Waals surface area contributed by atoms with Gasteiger partial charge in [-0.05, 0) is 12.8 Å². The predicted octanol–water partition coefficient (Wildman–Crippen LogP) is 3.05. The number of aliphatic hydroxyl groups is 1. The van der Waals surface area contributed by atoms with Crippen molar-refractivity contribution >= 4 is 0 Å². The van der Waals surface area contributed by atoms with Crippen LogP contribution < -0.4 is 0 Å². The third-order valence-corrected chi connectivity index (χ3v) is 3.41. The molecule has 1 aliphatic rings. The van der Waals surface area contributed by atoms with Gasteiger partial charge in [0, 0.05) is 13.0 Å². The molecule has 0 aromatic rings. The number of methoxy groups -OCH3 is 1. The molecular formula is C10H14F6O2. The quantitative estimate of drug-likeness (QED) is 0.788. The summed E-state index contributed by atoms with van der Waals surface area (Å²) in [6, 6.07) is 0. The maximum Gasteiger partial charge on any atom is 0.426 e. The molecule has 18 heavy (non-hydrogen) atoms. The minimum atomic E-state index is -5.77. The minimum absolute atomic E-state index is 0.0790. The molecule has 0 aliphatic heterocycles. The average Bonchev–Trinajstić information content (AvgIpc) is 2.24. The Bertz CT molecular complexity index is 271. The van der Waals surface area contributed by atoms with Gasteiger partial charge < -0.3 is 9.84 Å². The summed E-state index contributed by atoms with van der Waals surface area (Å²) < 4.78 is 80.7. The number of alkyl halides is 6. The van der Waals surface area contributed by atoms with Gasteiger partial charge in [-0.25, -0.2) is 0 Å². The first-order valence-electron chi connectivity index (χ1n) is 5.44. The molecule has 1 rings (SSSR count). The lowest BCUT2D eigenvalue weighted by molar-refractivity contribution is -0.393. The Balaban J connectivity index is 3.18. The Hall–Kier alpha value is -0.500. The van der Waals surface area contributed by atoms with Crippen LogP contribution in [0.2, 0.25) is 0 Å². The summed E-state index contributed by atoms with van der Waals surface area (Å²) in [6.45, 7) is 0. The predicted molar refractivity (Wildman–Crippen MR) is 49.8 cm³/mol. The normalized spacial score (nSPS) is 27.3. The third-order valence-electron chi connectivity index (χ3n) is 3.41. The molecule has 2 unspecified atom stereocenters. The molecule has 0 heterocycles. The third kappa shape index (κ3) is 2.45. The van der Waals surface area contributed by atoms with Crippen molar-refractivity contribution in [1.29, 1.82) is 0 Å². The van der Waals surface area contributed by atoms with Crippen LogP contribution in [0, 0.1) is 5.92 Å². The highest BCUT2D eigenvalue weighted by Gasteiger charge is 2.74. The van der Waals surface area contributed by atoms with Crippen molar-refractivity contribution in [2.24, 2.45) is 5.92 Å². The van der Waals surface area contributed by atoms with Crippen molar-refractivity contribution in [1.82, 2.24) is 0 Å². The van der Waals surface area contributed by atoms with Gasteiger partial charge >= 0.3 is 12.4 Å². The van der Waals surface area contributed by atoms with Crippen LogP contribution in [0.25, 0.3) is 0 Å². The van der Waals surface area contributed by atoms with E-state index in [4.69, 9.17) is 0 Å². The number of halogens is 6. The zero-order chi connectivity index (χ0) is 14.2. The van der Waals surface area contributed by atoms with Gasteiger partial charge in [0.15, 0.2) is 0 Å². The summed E-state index contributed by atoms with van der Waals surface area (Å²) in [5.74, 6) is -2.02. The highest BCUT2D eigenvalue weighted by atomic mass is 19.4. The topological polar surface area (TPSA) is 29.5 Å². The van der Waals surface area contributed by atoms with Crippen LogP contribution in [-0.4, -0.2) is 36.3 Å². The van der Waals surface area contributed by atoms with Crippen molar-refractivity contribution in [2.75, 3.05) is 7.11 Å². The van der Waals surface area contributed by atoms with Gasteiger partial charge in [-0.3, -0.25) is 0 Å². The Morgan fingerprint density at radius 2 is 1.39 bits per heavy atom. The van der Waals surface area contributed by atoms with E-state index in [1.165, 1.54) is 0 Å². The van der Waals surface area contributed by atoms with Crippen molar-refractivity contribution in [3.05, 3.63) is 0 Å². The molecule has 8 heteroatoms. The molecule has 1 N–H and O–H groups in total. The molecule has 0 aromatic carbocycles. The van der Waals surface area contributed by atoms with Crippen molar-refractivity contribution in [3.8, 4) is 0 Å². The second-order valence-corrected chi connectivity index (χ2v) is 4.43. The van der Waals surface area contributed by atoms with Gasteiger partial charge in [0.25, 0.3) is 5.60 Å². The molecule has 0 bridgehead atoms. The highest BCUT2D eigenvalue weighted by molar-refractivity contribution is 5.03. The second-order valence-electron chi connectivity index (χ2n) is 4.43. The Morgan fingerprint density at radius 1 is 0.944 bits per heavy atom. The Labute approximate surface area is 99.9 Å². The van der Waals surface area contributed by atoms with Crippen LogP contribution in [0.5, 0.6) is 0 Å². The molecule has 0 aromatic heterocycles. The fourth-order valence-electron chi connectivity index (χ4n) is 2.44. The van der Waals surface area contributed by atoms with E-state index in [9.17, 15) is 31.4 Å². The smallest absolute Gasteiger partial charge is 0.381 e. The van der Waals surface area contributed by atoms with Gasteiger partial charge in [-0.1, -0.05) is 12.8 Å². The SMILES string of the molecule is COC1CCCCC1C(O)(C(F)(F)F)C(F)(F)F. The summed E-state index contributed by atoms with van der Waals surface area (Å²) in [4.78, 5) is 0. The maximum atomic E-state index is 12.7. The molecule has 1 aliphatic carbocycles. The fraction of sp³-hybridized carbons (Fsp3) is 1.00. The lowest BCUT2D eigenvalue weighted by Crippen LogP contribution is -2.64.